The SMILES string of the molecule is CN1CCCC(c2nc(Nc3cccc(F)c3)cc(-c3ccnnc3)n2)C1. The molecule has 6 nitrogen and oxygen atoms in total. The van der Waals surface area contributed by atoms with Crippen LogP contribution in [0.3, 0.4) is 0 Å². The summed E-state index contributed by atoms with van der Waals surface area (Å²) < 4.78 is 13.5. The average Bonchev–Trinajstić information content (AvgIpc) is 2.68. The van der Waals surface area contributed by atoms with Gasteiger partial charge in [0.1, 0.15) is 17.5 Å². The van der Waals surface area contributed by atoms with E-state index < -0.39 is 0 Å². The fourth-order valence-corrected chi connectivity index (χ4v) is 3.39. The molecule has 0 amide bonds. The molecule has 0 aliphatic carbocycles. The van der Waals surface area contributed by atoms with Crippen molar-refractivity contribution in [3.05, 3.63) is 60.4 Å². The first-order chi connectivity index (χ1) is 13.2. The van der Waals surface area contributed by atoms with E-state index in [4.69, 9.17) is 9.97 Å². The highest BCUT2D eigenvalue weighted by atomic mass is 19.1. The van der Waals surface area contributed by atoms with E-state index >= 15 is 0 Å². The van der Waals surface area contributed by atoms with Crippen LogP contribution in [0.4, 0.5) is 15.9 Å². The third-order valence-electron chi connectivity index (χ3n) is 4.71. The Balaban J connectivity index is 1.72. The van der Waals surface area contributed by atoms with Gasteiger partial charge >= 0.3 is 0 Å². The van der Waals surface area contributed by atoms with Crippen LogP contribution in [0, 0.1) is 5.82 Å². The molecule has 0 spiro atoms. The standard InChI is InChI=1S/C20H21FN6/c1-27-9-3-4-15(13-27)20-25-18(14-7-8-22-23-12-14)11-19(26-20)24-17-6-2-5-16(21)10-17/h2,5-8,10-12,15H,3-4,9,13H2,1H3,(H,24,25,26). The molecule has 4 rings (SSSR count). The Morgan fingerprint density at radius 3 is 2.85 bits per heavy atom. The van der Waals surface area contributed by atoms with Gasteiger partial charge in [0, 0.05) is 29.8 Å². The molecule has 1 fully saturated rings. The summed E-state index contributed by atoms with van der Waals surface area (Å²) in [7, 11) is 2.12. The minimum Gasteiger partial charge on any atom is -0.340 e. The summed E-state index contributed by atoms with van der Waals surface area (Å²) in [4.78, 5) is 11.8. The monoisotopic (exact) mass is 364 g/mol. The predicted octanol–water partition coefficient (Wildman–Crippen LogP) is 3.63. The lowest BCUT2D eigenvalue weighted by atomic mass is 9.97. The largest absolute Gasteiger partial charge is 0.340 e. The number of likely N-dealkylation sites (tertiary alicyclic amines) is 1. The highest BCUT2D eigenvalue weighted by Gasteiger charge is 2.22. The Bertz CT molecular complexity index is 917. The zero-order chi connectivity index (χ0) is 18.6. The molecule has 1 aromatic carbocycles. The van der Waals surface area contributed by atoms with E-state index in [9.17, 15) is 4.39 Å². The maximum absolute atomic E-state index is 13.5. The Morgan fingerprint density at radius 1 is 1.15 bits per heavy atom. The Labute approximate surface area is 157 Å². The number of halogens is 1. The van der Waals surface area contributed by atoms with Crippen molar-refractivity contribution in [1.82, 2.24) is 25.1 Å². The second-order valence-corrected chi connectivity index (χ2v) is 6.86. The maximum Gasteiger partial charge on any atom is 0.135 e. The van der Waals surface area contributed by atoms with Crippen LogP contribution in [0.15, 0.2) is 48.8 Å². The molecule has 138 valence electrons. The lowest BCUT2D eigenvalue weighted by Crippen LogP contribution is -2.31. The highest BCUT2D eigenvalue weighted by molar-refractivity contribution is 5.65. The molecule has 1 aliphatic rings. The number of hydrogen-bond donors (Lipinski definition) is 1. The van der Waals surface area contributed by atoms with Gasteiger partial charge < -0.3 is 10.2 Å². The molecule has 1 atom stereocenters. The van der Waals surface area contributed by atoms with E-state index in [2.05, 4.69) is 27.5 Å². The van der Waals surface area contributed by atoms with Gasteiger partial charge in [-0.15, -0.1) is 0 Å². The van der Waals surface area contributed by atoms with Gasteiger partial charge in [0.15, 0.2) is 0 Å². The normalized spacial score (nSPS) is 17.6. The van der Waals surface area contributed by atoms with Crippen molar-refractivity contribution in [2.24, 2.45) is 0 Å². The predicted molar refractivity (Wildman–Crippen MR) is 102 cm³/mol. The van der Waals surface area contributed by atoms with Crippen molar-refractivity contribution in [1.29, 1.82) is 0 Å². The van der Waals surface area contributed by atoms with Crippen molar-refractivity contribution in [3.63, 3.8) is 0 Å². The minimum absolute atomic E-state index is 0.270. The van der Waals surface area contributed by atoms with Crippen LogP contribution >= 0.6 is 0 Å². The molecule has 0 radical (unpaired) electrons. The zero-order valence-corrected chi connectivity index (χ0v) is 15.1. The van der Waals surface area contributed by atoms with Crippen LogP contribution in [0.2, 0.25) is 0 Å². The molecule has 0 saturated carbocycles. The van der Waals surface area contributed by atoms with Crippen LogP contribution < -0.4 is 5.32 Å². The van der Waals surface area contributed by atoms with Crippen LogP contribution in [-0.2, 0) is 0 Å². The van der Waals surface area contributed by atoms with Crippen molar-refractivity contribution in [2.45, 2.75) is 18.8 Å². The fraction of sp³-hybridized carbons (Fsp3) is 0.300. The van der Waals surface area contributed by atoms with Gasteiger partial charge in [0.2, 0.25) is 0 Å². The van der Waals surface area contributed by atoms with E-state index in [-0.39, 0.29) is 11.7 Å². The molecule has 27 heavy (non-hydrogen) atoms. The number of aromatic nitrogens is 4. The van der Waals surface area contributed by atoms with Crippen LogP contribution in [-0.4, -0.2) is 45.2 Å². The third kappa shape index (κ3) is 4.25. The first-order valence-electron chi connectivity index (χ1n) is 9.04. The summed E-state index contributed by atoms with van der Waals surface area (Å²) >= 11 is 0. The van der Waals surface area contributed by atoms with Gasteiger partial charge in [-0.3, -0.25) is 0 Å². The van der Waals surface area contributed by atoms with Gasteiger partial charge in [-0.2, -0.15) is 10.2 Å². The first-order valence-corrected chi connectivity index (χ1v) is 9.04. The summed E-state index contributed by atoms with van der Waals surface area (Å²) in [5.41, 5.74) is 2.31. The molecule has 1 N–H and O–H groups in total. The van der Waals surface area contributed by atoms with E-state index in [0.717, 1.165) is 43.0 Å². The van der Waals surface area contributed by atoms with E-state index in [0.29, 0.717) is 11.5 Å². The van der Waals surface area contributed by atoms with Gasteiger partial charge in [-0.25, -0.2) is 14.4 Å². The van der Waals surface area contributed by atoms with E-state index in [1.54, 1.807) is 18.5 Å². The number of likely N-dealkylation sites (N-methyl/N-ethyl adjacent to an activating group) is 1. The number of nitrogens with one attached hydrogen (secondary N) is 1. The average molecular weight is 364 g/mol. The minimum atomic E-state index is -0.290. The molecule has 1 aliphatic heterocycles. The lowest BCUT2D eigenvalue weighted by molar-refractivity contribution is 0.246. The number of nitrogens with zero attached hydrogens (tertiary/aromatic N) is 5. The van der Waals surface area contributed by atoms with E-state index in [1.165, 1.54) is 12.1 Å². The summed E-state index contributed by atoms with van der Waals surface area (Å²) in [6.07, 6.45) is 5.51. The summed E-state index contributed by atoms with van der Waals surface area (Å²) in [6.45, 7) is 2.02. The summed E-state index contributed by atoms with van der Waals surface area (Å²) in [6, 6.07) is 10.1. The summed E-state index contributed by atoms with van der Waals surface area (Å²) in [5.74, 6) is 1.42. The lowest BCUT2D eigenvalue weighted by Gasteiger charge is -2.29. The molecule has 1 unspecified atom stereocenters. The third-order valence-corrected chi connectivity index (χ3v) is 4.71. The second-order valence-electron chi connectivity index (χ2n) is 6.86. The Morgan fingerprint density at radius 2 is 2.07 bits per heavy atom. The Hall–Kier alpha value is -2.93. The van der Waals surface area contributed by atoms with Gasteiger partial charge in [-0.05, 0) is 50.7 Å². The Kier molecular flexibility index (Phi) is 5.02. The topological polar surface area (TPSA) is 66.8 Å². The van der Waals surface area contributed by atoms with Crippen molar-refractivity contribution in [3.8, 4) is 11.3 Å². The number of piperidine rings is 1. The second kappa shape index (κ2) is 7.75. The van der Waals surface area contributed by atoms with Gasteiger partial charge in [0.25, 0.3) is 0 Å². The van der Waals surface area contributed by atoms with E-state index in [1.807, 2.05) is 18.2 Å². The number of anilines is 2. The molecule has 3 heterocycles. The molecule has 3 aromatic rings. The van der Waals surface area contributed by atoms with Crippen molar-refractivity contribution in [2.75, 3.05) is 25.5 Å². The molecular formula is C20H21FN6. The smallest absolute Gasteiger partial charge is 0.135 e. The fourth-order valence-electron chi connectivity index (χ4n) is 3.39. The van der Waals surface area contributed by atoms with Crippen LogP contribution in [0.1, 0.15) is 24.6 Å². The number of benzene rings is 1. The van der Waals surface area contributed by atoms with Crippen LogP contribution in [0.25, 0.3) is 11.3 Å². The highest BCUT2D eigenvalue weighted by Crippen LogP contribution is 2.28. The molecule has 7 heteroatoms. The molecule has 0 bridgehead atoms. The van der Waals surface area contributed by atoms with Gasteiger partial charge in [0.05, 0.1) is 18.1 Å². The molecular weight excluding hydrogens is 343 g/mol. The summed E-state index contributed by atoms with van der Waals surface area (Å²) in [5, 5.41) is 11.0. The number of hydrogen-bond acceptors (Lipinski definition) is 6. The van der Waals surface area contributed by atoms with Crippen LogP contribution in [0.5, 0.6) is 0 Å². The number of rotatable bonds is 4. The quantitative estimate of drug-likeness (QED) is 0.763. The molecule has 2 aromatic heterocycles. The zero-order valence-electron chi connectivity index (χ0n) is 15.1. The van der Waals surface area contributed by atoms with Crippen molar-refractivity contribution >= 4 is 11.5 Å². The van der Waals surface area contributed by atoms with Crippen molar-refractivity contribution < 1.29 is 4.39 Å². The molecule has 1 saturated heterocycles. The maximum atomic E-state index is 13.5. The van der Waals surface area contributed by atoms with Gasteiger partial charge in [-0.1, -0.05) is 6.07 Å². The first kappa shape index (κ1) is 17.5.